The Balaban J connectivity index is 2.31. The molecule has 1 nitrogen and oxygen atoms in total. The van der Waals surface area contributed by atoms with Gasteiger partial charge < -0.3 is 5.73 Å². The zero-order chi connectivity index (χ0) is 12.9. The van der Waals surface area contributed by atoms with Crippen molar-refractivity contribution in [1.82, 2.24) is 0 Å². The maximum atomic E-state index is 13.4. The Morgan fingerprint density at radius 3 is 1.94 bits per heavy atom. The summed E-state index contributed by atoms with van der Waals surface area (Å²) < 4.78 is 26.8. The lowest BCUT2D eigenvalue weighted by atomic mass is 9.85. The molecule has 0 radical (unpaired) electrons. The third kappa shape index (κ3) is 1.86. The number of hydrogen-bond acceptors (Lipinski definition) is 1. The molecule has 0 aliphatic heterocycles. The Kier molecular flexibility index (Phi) is 2.58. The van der Waals surface area contributed by atoms with Crippen molar-refractivity contribution in [2.24, 2.45) is 5.73 Å². The lowest BCUT2D eigenvalue weighted by Crippen LogP contribution is -2.26. The van der Waals surface area contributed by atoms with E-state index in [0.29, 0.717) is 5.56 Å². The summed E-state index contributed by atoms with van der Waals surface area (Å²) >= 11 is 0. The van der Waals surface area contributed by atoms with Crippen LogP contribution in [0.2, 0.25) is 0 Å². The van der Waals surface area contributed by atoms with Crippen LogP contribution in [0.3, 0.4) is 0 Å². The van der Waals surface area contributed by atoms with Gasteiger partial charge in [-0.05, 0) is 16.5 Å². The second-order valence-corrected chi connectivity index (χ2v) is 5.99. The molecule has 1 aromatic rings. The molecule has 1 saturated carbocycles. The Morgan fingerprint density at radius 1 is 1.18 bits per heavy atom. The van der Waals surface area contributed by atoms with Crippen molar-refractivity contribution in [2.45, 2.75) is 43.9 Å². The van der Waals surface area contributed by atoms with Crippen LogP contribution in [0.4, 0.5) is 8.78 Å². The molecule has 0 bridgehead atoms. The fourth-order valence-corrected chi connectivity index (χ4v) is 2.28. The van der Waals surface area contributed by atoms with Crippen LogP contribution in [0.1, 0.15) is 38.3 Å². The van der Waals surface area contributed by atoms with Crippen molar-refractivity contribution >= 4 is 0 Å². The molecule has 2 rings (SSSR count). The van der Waals surface area contributed by atoms with Gasteiger partial charge in [-0.15, -0.1) is 0 Å². The molecular weight excluding hydrogens is 220 g/mol. The standard InChI is InChI=1S/C14H19F2N/c1-12(2,3)10-4-6-11(7-5-10)13(9-17)8-14(13,15)16/h4-7H,8-9,17H2,1-3H3. The van der Waals surface area contributed by atoms with Crippen LogP contribution < -0.4 is 5.73 Å². The van der Waals surface area contributed by atoms with E-state index in [-0.39, 0.29) is 18.4 Å². The van der Waals surface area contributed by atoms with E-state index in [9.17, 15) is 8.78 Å². The van der Waals surface area contributed by atoms with E-state index in [1.807, 2.05) is 12.1 Å². The molecule has 3 heteroatoms. The van der Waals surface area contributed by atoms with Crippen molar-refractivity contribution in [2.75, 3.05) is 6.54 Å². The van der Waals surface area contributed by atoms with E-state index in [1.165, 1.54) is 0 Å². The summed E-state index contributed by atoms with van der Waals surface area (Å²) in [4.78, 5) is 0. The summed E-state index contributed by atoms with van der Waals surface area (Å²) in [5.74, 6) is -2.63. The molecule has 17 heavy (non-hydrogen) atoms. The molecule has 0 spiro atoms. The quantitative estimate of drug-likeness (QED) is 0.842. The highest BCUT2D eigenvalue weighted by atomic mass is 19.3. The molecule has 1 fully saturated rings. The van der Waals surface area contributed by atoms with E-state index in [2.05, 4.69) is 20.8 Å². The van der Waals surface area contributed by atoms with Crippen LogP contribution in [0.15, 0.2) is 24.3 Å². The van der Waals surface area contributed by atoms with Crippen molar-refractivity contribution in [1.29, 1.82) is 0 Å². The van der Waals surface area contributed by atoms with Gasteiger partial charge in [0.15, 0.2) is 0 Å². The van der Waals surface area contributed by atoms with Crippen molar-refractivity contribution in [3.8, 4) is 0 Å². The molecule has 0 heterocycles. The van der Waals surface area contributed by atoms with Crippen LogP contribution in [-0.2, 0) is 10.8 Å². The Bertz CT molecular complexity index is 417. The van der Waals surface area contributed by atoms with Gasteiger partial charge in [-0.1, -0.05) is 45.0 Å². The lowest BCUT2D eigenvalue weighted by Gasteiger charge is -2.21. The maximum absolute atomic E-state index is 13.4. The van der Waals surface area contributed by atoms with Gasteiger partial charge in [-0.2, -0.15) is 0 Å². The summed E-state index contributed by atoms with van der Waals surface area (Å²) in [6.07, 6.45) is -0.120. The smallest absolute Gasteiger partial charge is 0.260 e. The largest absolute Gasteiger partial charge is 0.329 e. The summed E-state index contributed by atoms with van der Waals surface area (Å²) in [5.41, 5.74) is 6.27. The zero-order valence-corrected chi connectivity index (χ0v) is 10.6. The summed E-state index contributed by atoms with van der Waals surface area (Å²) in [6.45, 7) is 6.32. The molecule has 1 aromatic carbocycles. The van der Waals surface area contributed by atoms with Gasteiger partial charge in [-0.3, -0.25) is 0 Å². The zero-order valence-electron chi connectivity index (χ0n) is 10.6. The van der Waals surface area contributed by atoms with E-state index in [4.69, 9.17) is 5.73 Å². The number of halogens is 2. The number of rotatable bonds is 2. The van der Waals surface area contributed by atoms with Gasteiger partial charge >= 0.3 is 0 Å². The highest BCUT2D eigenvalue weighted by Crippen LogP contribution is 2.60. The number of alkyl halides is 2. The molecule has 94 valence electrons. The molecule has 1 aliphatic rings. The summed E-state index contributed by atoms with van der Waals surface area (Å²) in [5, 5.41) is 0. The van der Waals surface area contributed by atoms with Gasteiger partial charge in [-0.25, -0.2) is 8.78 Å². The minimum Gasteiger partial charge on any atom is -0.329 e. The third-order valence-electron chi connectivity index (χ3n) is 3.75. The first-order valence-electron chi connectivity index (χ1n) is 5.92. The van der Waals surface area contributed by atoms with E-state index < -0.39 is 11.3 Å². The second kappa shape index (κ2) is 3.52. The van der Waals surface area contributed by atoms with Gasteiger partial charge in [0.1, 0.15) is 0 Å². The molecule has 1 unspecified atom stereocenters. The SMILES string of the molecule is CC(C)(C)c1ccc(C2(CN)CC2(F)F)cc1. The fourth-order valence-electron chi connectivity index (χ4n) is 2.28. The molecule has 1 atom stereocenters. The van der Waals surface area contributed by atoms with Gasteiger partial charge in [0.25, 0.3) is 5.92 Å². The van der Waals surface area contributed by atoms with Crippen molar-refractivity contribution in [3.05, 3.63) is 35.4 Å². The minimum absolute atomic E-state index is 0.00879. The highest BCUT2D eigenvalue weighted by Gasteiger charge is 2.70. The van der Waals surface area contributed by atoms with Crippen LogP contribution in [0.25, 0.3) is 0 Å². The molecule has 2 N–H and O–H groups in total. The third-order valence-corrected chi connectivity index (χ3v) is 3.75. The normalized spacial score (nSPS) is 26.9. The highest BCUT2D eigenvalue weighted by molar-refractivity contribution is 5.40. The van der Waals surface area contributed by atoms with Crippen LogP contribution >= 0.6 is 0 Å². The van der Waals surface area contributed by atoms with Crippen molar-refractivity contribution in [3.63, 3.8) is 0 Å². The number of benzene rings is 1. The second-order valence-electron chi connectivity index (χ2n) is 5.99. The van der Waals surface area contributed by atoms with Gasteiger partial charge in [0, 0.05) is 13.0 Å². The lowest BCUT2D eigenvalue weighted by molar-refractivity contribution is 0.0896. The minimum atomic E-state index is -2.63. The van der Waals surface area contributed by atoms with Crippen LogP contribution in [-0.4, -0.2) is 12.5 Å². The van der Waals surface area contributed by atoms with Crippen molar-refractivity contribution < 1.29 is 8.78 Å². The number of nitrogens with two attached hydrogens (primary N) is 1. The molecule has 0 saturated heterocycles. The first kappa shape index (κ1) is 12.5. The molecule has 0 aromatic heterocycles. The average Bonchev–Trinajstić information content (AvgIpc) is 2.81. The first-order valence-corrected chi connectivity index (χ1v) is 5.92. The predicted octanol–water partition coefficient (Wildman–Crippen LogP) is 3.22. The molecule has 1 aliphatic carbocycles. The van der Waals surface area contributed by atoms with Gasteiger partial charge in [0.2, 0.25) is 0 Å². The van der Waals surface area contributed by atoms with E-state index >= 15 is 0 Å². The molecular formula is C14H19F2N. The van der Waals surface area contributed by atoms with E-state index in [0.717, 1.165) is 5.56 Å². The topological polar surface area (TPSA) is 26.0 Å². The Morgan fingerprint density at radius 2 is 1.65 bits per heavy atom. The molecule has 0 amide bonds. The van der Waals surface area contributed by atoms with Crippen LogP contribution in [0, 0.1) is 0 Å². The maximum Gasteiger partial charge on any atom is 0.260 e. The Labute approximate surface area is 101 Å². The van der Waals surface area contributed by atoms with E-state index in [1.54, 1.807) is 12.1 Å². The fraction of sp³-hybridized carbons (Fsp3) is 0.571. The van der Waals surface area contributed by atoms with Crippen LogP contribution in [0.5, 0.6) is 0 Å². The monoisotopic (exact) mass is 239 g/mol. The summed E-state index contributed by atoms with van der Waals surface area (Å²) in [7, 11) is 0. The predicted molar refractivity (Wildman–Crippen MR) is 65.4 cm³/mol. The Hall–Kier alpha value is -0.960. The average molecular weight is 239 g/mol. The summed E-state index contributed by atoms with van der Waals surface area (Å²) in [6, 6.07) is 7.46. The number of hydrogen-bond donors (Lipinski definition) is 1. The first-order chi connectivity index (χ1) is 7.73. The van der Waals surface area contributed by atoms with Gasteiger partial charge in [0.05, 0.1) is 5.41 Å².